The van der Waals surface area contributed by atoms with Gasteiger partial charge in [-0.25, -0.2) is 0 Å². The van der Waals surface area contributed by atoms with E-state index in [0.717, 1.165) is 28.6 Å². The predicted molar refractivity (Wildman–Crippen MR) is 108 cm³/mol. The molecular weight excluding hydrogens is 354 g/mol. The maximum Gasteiger partial charge on any atom is 0.278 e. The molecule has 2 saturated heterocycles. The number of carbonyl (C=O) groups is 2. The molecule has 4 rings (SSSR count). The van der Waals surface area contributed by atoms with Gasteiger partial charge in [-0.15, -0.1) is 6.58 Å². The molecule has 2 amide bonds. The van der Waals surface area contributed by atoms with E-state index in [1.165, 1.54) is 7.11 Å². The van der Waals surface area contributed by atoms with Gasteiger partial charge >= 0.3 is 0 Å². The minimum absolute atomic E-state index is 0.216. The Morgan fingerprint density at radius 1 is 1.29 bits per heavy atom. The minimum Gasteiger partial charge on any atom is -0.357 e. The molecule has 2 aromatic rings. The number of rotatable bonds is 4. The lowest BCUT2D eigenvalue weighted by Gasteiger charge is -2.40. The summed E-state index contributed by atoms with van der Waals surface area (Å²) in [5.41, 5.74) is 1.55. The second-order valence-corrected chi connectivity index (χ2v) is 7.95. The van der Waals surface area contributed by atoms with Gasteiger partial charge < -0.3 is 19.9 Å². The average molecular weight is 379 g/mol. The van der Waals surface area contributed by atoms with E-state index >= 15 is 0 Å². The van der Waals surface area contributed by atoms with Crippen molar-refractivity contribution in [2.24, 2.45) is 0 Å². The molecule has 0 spiro atoms. The van der Waals surface area contributed by atoms with Gasteiger partial charge in [-0.05, 0) is 18.6 Å². The fourth-order valence-corrected chi connectivity index (χ4v) is 4.18. The van der Waals surface area contributed by atoms with Crippen molar-refractivity contribution < 1.29 is 14.3 Å². The van der Waals surface area contributed by atoms with Crippen molar-refractivity contribution in [1.29, 1.82) is 0 Å². The monoisotopic (exact) mass is 379 g/mol. The van der Waals surface area contributed by atoms with Gasteiger partial charge in [0.05, 0.1) is 0 Å². The van der Waals surface area contributed by atoms with Gasteiger partial charge in [-0.2, -0.15) is 0 Å². The number of benzene rings is 1. The van der Waals surface area contributed by atoms with Crippen molar-refractivity contribution in [3.8, 4) is 0 Å². The molecule has 0 aliphatic carbocycles. The molecule has 1 aromatic heterocycles. The fourth-order valence-electron chi connectivity index (χ4n) is 4.18. The molecule has 2 N–H and O–H groups in total. The zero-order valence-electron chi connectivity index (χ0n) is 16.5. The molecule has 0 unspecified atom stereocenters. The normalized spacial score (nSPS) is 24.0. The molecule has 146 valence electrons. The Morgan fingerprint density at radius 2 is 2.04 bits per heavy atom. The number of hydrogen-bond donors (Lipinski definition) is 2. The number of carbonyl (C=O) groups excluding carboxylic acids is 2. The highest BCUT2D eigenvalue weighted by molar-refractivity contribution is 6.10. The lowest BCUT2D eigenvalue weighted by Crippen LogP contribution is -2.64. The van der Waals surface area contributed by atoms with Gasteiger partial charge in [0.1, 0.15) is 5.70 Å². The molecule has 0 saturated carbocycles. The highest BCUT2D eigenvalue weighted by atomic mass is 16.5. The smallest absolute Gasteiger partial charge is 0.278 e. The first kappa shape index (κ1) is 18.5. The van der Waals surface area contributed by atoms with E-state index in [9.17, 15) is 9.59 Å². The summed E-state index contributed by atoms with van der Waals surface area (Å²) in [6, 6.07) is 7.93. The third kappa shape index (κ3) is 2.52. The number of aromatic amines is 1. The van der Waals surface area contributed by atoms with Crippen LogP contribution in [-0.2, 0) is 19.7 Å². The molecular formula is C22H25N3O3. The second-order valence-electron chi connectivity index (χ2n) is 7.95. The molecule has 0 bridgehead atoms. The van der Waals surface area contributed by atoms with Crippen LogP contribution in [0.25, 0.3) is 17.0 Å². The summed E-state index contributed by atoms with van der Waals surface area (Å²) in [6.45, 7) is 8.59. The highest BCUT2D eigenvalue weighted by Crippen LogP contribution is 2.37. The van der Waals surface area contributed by atoms with E-state index in [0.29, 0.717) is 13.0 Å². The number of methoxy groups -OCH3 is 1. The quantitative estimate of drug-likeness (QED) is 0.633. The molecule has 2 aliphatic rings. The zero-order chi connectivity index (χ0) is 20.1. The molecule has 6 heteroatoms. The number of aromatic nitrogens is 1. The van der Waals surface area contributed by atoms with Crippen molar-refractivity contribution in [2.45, 2.75) is 37.8 Å². The summed E-state index contributed by atoms with van der Waals surface area (Å²) in [7, 11) is 1.48. The molecule has 3 heterocycles. The Morgan fingerprint density at radius 3 is 2.75 bits per heavy atom. The topological polar surface area (TPSA) is 74.4 Å². The number of H-pyrrole nitrogens is 1. The van der Waals surface area contributed by atoms with E-state index in [2.05, 4.69) is 30.7 Å². The number of nitrogens with one attached hydrogen (secondary N) is 2. The molecule has 0 radical (unpaired) electrons. The first-order valence-electron chi connectivity index (χ1n) is 9.49. The summed E-state index contributed by atoms with van der Waals surface area (Å²) >= 11 is 0. The number of ether oxygens (including phenoxy) is 1. The maximum absolute atomic E-state index is 13.1. The summed E-state index contributed by atoms with van der Waals surface area (Å²) in [4.78, 5) is 31.0. The number of allylic oxidation sites excluding steroid dienone is 1. The van der Waals surface area contributed by atoms with Crippen LogP contribution in [0, 0.1) is 0 Å². The Kier molecular flexibility index (Phi) is 4.19. The summed E-state index contributed by atoms with van der Waals surface area (Å²) in [5, 5.41) is 3.79. The van der Waals surface area contributed by atoms with Crippen LogP contribution in [0.5, 0.6) is 0 Å². The Balaban J connectivity index is 1.87. The first-order valence-corrected chi connectivity index (χ1v) is 9.49. The third-order valence-corrected chi connectivity index (χ3v) is 5.94. The minimum atomic E-state index is -1.18. The van der Waals surface area contributed by atoms with Gasteiger partial charge in [0.25, 0.3) is 11.8 Å². The summed E-state index contributed by atoms with van der Waals surface area (Å²) < 4.78 is 5.48. The predicted octanol–water partition coefficient (Wildman–Crippen LogP) is 3.07. The number of nitrogens with zero attached hydrogens (tertiary/aromatic N) is 1. The Hall–Kier alpha value is -2.86. The standard InChI is InChI=1S/C22H25N3O3/c1-5-21(2,3)18-15(14-9-6-7-10-16(14)23-18)13-17-19(26)25-12-8-11-22(25,28-4)20(27)24-17/h5-7,9-10,13,23H,1,8,11-12H2,2-4H3,(H,24,27)/b17-13-/t22-/m0/s1. The average Bonchev–Trinajstić information content (AvgIpc) is 3.29. The number of hydrogen-bond acceptors (Lipinski definition) is 3. The number of fused-ring (bicyclic) bond motifs is 2. The molecule has 1 aromatic carbocycles. The van der Waals surface area contributed by atoms with Gasteiger partial charge in [-0.3, -0.25) is 9.59 Å². The molecule has 28 heavy (non-hydrogen) atoms. The largest absolute Gasteiger partial charge is 0.357 e. The van der Waals surface area contributed by atoms with Crippen LogP contribution in [0.1, 0.15) is 37.9 Å². The van der Waals surface area contributed by atoms with E-state index in [1.807, 2.05) is 30.3 Å². The van der Waals surface area contributed by atoms with Crippen LogP contribution >= 0.6 is 0 Å². The van der Waals surface area contributed by atoms with E-state index < -0.39 is 5.72 Å². The number of para-hydroxylation sites is 1. The lowest BCUT2D eigenvalue weighted by atomic mass is 9.86. The number of amides is 2. The maximum atomic E-state index is 13.1. The second kappa shape index (κ2) is 6.34. The SMILES string of the molecule is C=CC(C)(C)c1[nH]c2ccccc2c1/C=C1\NC(=O)[C@@]2(OC)CCCN2C1=O. The van der Waals surface area contributed by atoms with Crippen molar-refractivity contribution in [3.63, 3.8) is 0 Å². The Bertz CT molecular complexity index is 1020. The van der Waals surface area contributed by atoms with E-state index in [-0.39, 0.29) is 22.9 Å². The van der Waals surface area contributed by atoms with Crippen molar-refractivity contribution in [2.75, 3.05) is 13.7 Å². The van der Waals surface area contributed by atoms with Crippen LogP contribution in [0.3, 0.4) is 0 Å². The molecule has 1 atom stereocenters. The van der Waals surface area contributed by atoms with Crippen molar-refractivity contribution in [3.05, 3.63) is 53.9 Å². The van der Waals surface area contributed by atoms with Gasteiger partial charge in [-0.1, -0.05) is 38.1 Å². The lowest BCUT2D eigenvalue weighted by molar-refractivity contribution is -0.177. The van der Waals surface area contributed by atoms with Crippen LogP contribution in [0.15, 0.2) is 42.6 Å². The molecule has 2 aliphatic heterocycles. The van der Waals surface area contributed by atoms with E-state index in [1.54, 1.807) is 11.0 Å². The summed E-state index contributed by atoms with van der Waals surface area (Å²) in [6.07, 6.45) is 4.90. The third-order valence-electron chi connectivity index (χ3n) is 5.94. The number of piperazine rings is 1. The zero-order valence-corrected chi connectivity index (χ0v) is 16.5. The first-order chi connectivity index (χ1) is 13.3. The highest BCUT2D eigenvalue weighted by Gasteiger charge is 2.54. The van der Waals surface area contributed by atoms with Crippen LogP contribution in [-0.4, -0.2) is 41.1 Å². The van der Waals surface area contributed by atoms with Crippen molar-refractivity contribution in [1.82, 2.24) is 15.2 Å². The van der Waals surface area contributed by atoms with Crippen LogP contribution in [0.4, 0.5) is 0 Å². The van der Waals surface area contributed by atoms with E-state index in [4.69, 9.17) is 4.74 Å². The molecule has 2 fully saturated rings. The Labute approximate surface area is 164 Å². The van der Waals surface area contributed by atoms with Crippen LogP contribution < -0.4 is 5.32 Å². The summed E-state index contributed by atoms with van der Waals surface area (Å²) in [5.74, 6) is -0.505. The molecule has 6 nitrogen and oxygen atoms in total. The van der Waals surface area contributed by atoms with Crippen molar-refractivity contribution >= 4 is 28.8 Å². The fraction of sp³-hybridized carbons (Fsp3) is 0.364. The van der Waals surface area contributed by atoms with Gasteiger partial charge in [0, 0.05) is 47.7 Å². The van der Waals surface area contributed by atoms with Crippen LogP contribution in [0.2, 0.25) is 0 Å². The van der Waals surface area contributed by atoms with Gasteiger partial charge in [0.2, 0.25) is 5.72 Å². The van der Waals surface area contributed by atoms with Gasteiger partial charge in [0.15, 0.2) is 0 Å².